The van der Waals surface area contributed by atoms with Crippen molar-refractivity contribution in [1.82, 2.24) is 0 Å². The van der Waals surface area contributed by atoms with Gasteiger partial charge in [-0.05, 0) is 71.4 Å². The van der Waals surface area contributed by atoms with Gasteiger partial charge in [-0.1, -0.05) is 24.3 Å². The van der Waals surface area contributed by atoms with Crippen LogP contribution in [0.4, 0.5) is 16.2 Å². The van der Waals surface area contributed by atoms with E-state index in [1.54, 1.807) is 76.2 Å². The first-order valence-corrected chi connectivity index (χ1v) is 9.87. The quantitative estimate of drug-likeness (QED) is 0.653. The van der Waals surface area contributed by atoms with Gasteiger partial charge in [-0.25, -0.2) is 4.79 Å². The van der Waals surface area contributed by atoms with Crippen LogP contribution in [0.25, 0.3) is 0 Å². The zero-order chi connectivity index (χ0) is 23.4. The molecule has 0 bridgehead atoms. The maximum atomic E-state index is 12.7. The first-order chi connectivity index (χ1) is 14.3. The summed E-state index contributed by atoms with van der Waals surface area (Å²) in [6.45, 7) is 9.59. The third-order valence-corrected chi connectivity index (χ3v) is 4.94. The Morgan fingerprint density at radius 1 is 0.742 bits per heavy atom. The first-order valence-electron chi connectivity index (χ1n) is 9.87. The maximum Gasteiger partial charge on any atom is 0.412 e. The van der Waals surface area contributed by atoms with Crippen molar-refractivity contribution in [2.45, 2.75) is 52.6 Å². The van der Waals surface area contributed by atoms with Crippen LogP contribution in [-0.4, -0.2) is 29.2 Å². The average Bonchev–Trinajstić information content (AvgIpc) is 2.67. The molecule has 0 aromatic heterocycles. The third kappa shape index (κ3) is 5.78. The van der Waals surface area contributed by atoms with E-state index < -0.39 is 23.0 Å². The molecule has 2 amide bonds. The van der Waals surface area contributed by atoms with Crippen LogP contribution in [0.5, 0.6) is 0 Å². The van der Waals surface area contributed by atoms with E-state index in [4.69, 9.17) is 4.74 Å². The van der Waals surface area contributed by atoms with E-state index in [2.05, 4.69) is 10.6 Å². The van der Waals surface area contributed by atoms with Crippen LogP contribution in [-0.2, 0) is 19.7 Å². The van der Waals surface area contributed by atoms with Gasteiger partial charge < -0.3 is 10.1 Å². The Bertz CT molecular complexity index is 989. The SMILES string of the molecule is CC(=O)C(C)(C(C)=O)c1ccc(C(=O)Nc2ccccc2NC(=O)OC(C)(C)C)cc1. The minimum atomic E-state index is -1.25. The number of amides is 2. The highest BCUT2D eigenvalue weighted by atomic mass is 16.6. The molecule has 31 heavy (non-hydrogen) atoms. The van der Waals surface area contributed by atoms with Gasteiger partial charge in [-0.3, -0.25) is 19.7 Å². The molecule has 2 aromatic rings. The number of ketones is 2. The molecule has 0 aliphatic carbocycles. The standard InChI is InChI=1S/C24H28N2O5/c1-15(27)24(6,16(2)28)18-13-11-17(12-14-18)21(29)25-19-9-7-8-10-20(19)26-22(30)31-23(3,4)5/h7-14H,1-6H3,(H,25,29)(H,26,30). The Hall–Kier alpha value is -3.48. The maximum absolute atomic E-state index is 12.7. The van der Waals surface area contributed by atoms with E-state index in [9.17, 15) is 19.2 Å². The Kier molecular flexibility index (Phi) is 7.00. The smallest absolute Gasteiger partial charge is 0.412 e. The van der Waals surface area contributed by atoms with Crippen molar-refractivity contribution in [2.75, 3.05) is 10.6 Å². The molecule has 0 heterocycles. The van der Waals surface area contributed by atoms with Crippen LogP contribution >= 0.6 is 0 Å². The van der Waals surface area contributed by atoms with E-state index in [0.29, 0.717) is 22.5 Å². The van der Waals surface area contributed by atoms with E-state index in [-0.39, 0.29) is 11.6 Å². The number of nitrogens with one attached hydrogen (secondary N) is 2. The second-order valence-corrected chi connectivity index (χ2v) is 8.44. The fraction of sp³-hybridized carbons (Fsp3) is 0.333. The van der Waals surface area contributed by atoms with Crippen molar-refractivity contribution >= 4 is 34.9 Å². The lowest BCUT2D eigenvalue weighted by Gasteiger charge is -2.24. The molecule has 2 N–H and O–H groups in total. The lowest BCUT2D eigenvalue weighted by atomic mass is 9.76. The predicted molar refractivity (Wildman–Crippen MR) is 119 cm³/mol. The Morgan fingerprint density at radius 2 is 1.23 bits per heavy atom. The van der Waals surface area contributed by atoms with Gasteiger partial charge in [0.1, 0.15) is 22.6 Å². The summed E-state index contributed by atoms with van der Waals surface area (Å²) in [6, 6.07) is 13.1. The number of carbonyl (C=O) groups is 4. The Labute approximate surface area is 182 Å². The zero-order valence-corrected chi connectivity index (χ0v) is 18.7. The number of rotatable bonds is 6. The van der Waals surface area contributed by atoms with E-state index in [1.165, 1.54) is 13.8 Å². The molecule has 0 atom stereocenters. The highest BCUT2D eigenvalue weighted by Crippen LogP contribution is 2.27. The van der Waals surface area contributed by atoms with Gasteiger partial charge in [0.2, 0.25) is 0 Å². The molecule has 2 aromatic carbocycles. The molecule has 0 radical (unpaired) electrons. The van der Waals surface area contributed by atoms with Crippen molar-refractivity contribution < 1.29 is 23.9 Å². The number of ether oxygens (including phenoxy) is 1. The third-order valence-electron chi connectivity index (χ3n) is 4.94. The number of hydrogen-bond acceptors (Lipinski definition) is 5. The molecule has 2 rings (SSSR count). The first kappa shape index (κ1) is 23.8. The molecule has 0 aliphatic heterocycles. The van der Waals surface area contributed by atoms with Crippen LogP contribution in [0.2, 0.25) is 0 Å². The Balaban J connectivity index is 2.20. The molecule has 0 fully saturated rings. The summed E-state index contributed by atoms with van der Waals surface area (Å²) in [6.07, 6.45) is -0.633. The summed E-state index contributed by atoms with van der Waals surface area (Å²) in [4.78, 5) is 48.9. The summed E-state index contributed by atoms with van der Waals surface area (Å²) in [5.41, 5.74) is -0.250. The molecular formula is C24H28N2O5. The number of Topliss-reactive ketones (excluding diaryl/α,β-unsaturated/α-hetero) is 2. The highest BCUT2D eigenvalue weighted by molar-refractivity contribution is 6.11. The zero-order valence-electron chi connectivity index (χ0n) is 18.7. The van der Waals surface area contributed by atoms with Gasteiger partial charge in [0.15, 0.2) is 0 Å². The van der Waals surface area contributed by atoms with Crippen LogP contribution in [0.1, 0.15) is 57.5 Å². The summed E-state index contributed by atoms with van der Waals surface area (Å²) in [5.74, 6) is -0.934. The fourth-order valence-corrected chi connectivity index (χ4v) is 2.92. The lowest BCUT2D eigenvalue weighted by Crippen LogP contribution is -2.38. The topological polar surface area (TPSA) is 102 Å². The van der Waals surface area contributed by atoms with E-state index >= 15 is 0 Å². The summed E-state index contributed by atoms with van der Waals surface area (Å²) in [7, 11) is 0. The minimum Gasteiger partial charge on any atom is -0.444 e. The molecule has 0 unspecified atom stereocenters. The van der Waals surface area contributed by atoms with Crippen molar-refractivity contribution in [3.63, 3.8) is 0 Å². The van der Waals surface area contributed by atoms with E-state index in [0.717, 1.165) is 0 Å². The van der Waals surface area contributed by atoms with Gasteiger partial charge in [-0.2, -0.15) is 0 Å². The second kappa shape index (κ2) is 9.12. The van der Waals surface area contributed by atoms with Gasteiger partial charge in [-0.15, -0.1) is 0 Å². The van der Waals surface area contributed by atoms with Gasteiger partial charge in [0.05, 0.1) is 11.4 Å². The minimum absolute atomic E-state index is 0.264. The van der Waals surface area contributed by atoms with Crippen LogP contribution in [0, 0.1) is 0 Å². The second-order valence-electron chi connectivity index (χ2n) is 8.44. The van der Waals surface area contributed by atoms with Crippen LogP contribution < -0.4 is 10.6 Å². The monoisotopic (exact) mass is 424 g/mol. The number of para-hydroxylation sites is 2. The number of carbonyl (C=O) groups excluding carboxylic acids is 4. The molecular weight excluding hydrogens is 396 g/mol. The van der Waals surface area contributed by atoms with Gasteiger partial charge >= 0.3 is 6.09 Å². The summed E-state index contributed by atoms with van der Waals surface area (Å²) < 4.78 is 5.25. The van der Waals surface area contributed by atoms with Crippen LogP contribution in [0.3, 0.4) is 0 Å². The molecule has 7 nitrogen and oxygen atoms in total. The molecule has 0 spiro atoms. The molecule has 0 saturated heterocycles. The van der Waals surface area contributed by atoms with Crippen molar-refractivity contribution in [3.05, 3.63) is 59.7 Å². The van der Waals surface area contributed by atoms with Crippen molar-refractivity contribution in [3.8, 4) is 0 Å². The normalized spacial score (nSPS) is 11.4. The van der Waals surface area contributed by atoms with Gasteiger partial charge in [0, 0.05) is 5.56 Å². The van der Waals surface area contributed by atoms with E-state index in [1.807, 2.05) is 0 Å². The average molecular weight is 424 g/mol. The fourth-order valence-electron chi connectivity index (χ4n) is 2.92. The highest BCUT2D eigenvalue weighted by Gasteiger charge is 2.37. The lowest BCUT2D eigenvalue weighted by molar-refractivity contribution is -0.132. The molecule has 164 valence electrons. The molecule has 0 saturated carbocycles. The van der Waals surface area contributed by atoms with Crippen LogP contribution in [0.15, 0.2) is 48.5 Å². The van der Waals surface area contributed by atoms with Crippen molar-refractivity contribution in [2.24, 2.45) is 0 Å². The predicted octanol–water partition coefficient (Wildman–Crippen LogP) is 4.72. The van der Waals surface area contributed by atoms with Gasteiger partial charge in [0.25, 0.3) is 5.91 Å². The Morgan fingerprint density at radius 3 is 1.68 bits per heavy atom. The number of hydrogen-bond donors (Lipinski definition) is 2. The number of anilines is 2. The van der Waals surface area contributed by atoms with Crippen molar-refractivity contribution in [1.29, 1.82) is 0 Å². The molecule has 0 aliphatic rings. The molecule has 7 heteroatoms. The summed E-state index contributed by atoms with van der Waals surface area (Å²) in [5, 5.41) is 5.38. The largest absolute Gasteiger partial charge is 0.444 e. The summed E-state index contributed by atoms with van der Waals surface area (Å²) >= 11 is 0. The number of benzene rings is 2.